The Bertz CT molecular complexity index is 1110. The summed E-state index contributed by atoms with van der Waals surface area (Å²) in [5, 5.41) is 5.73. The summed E-state index contributed by atoms with van der Waals surface area (Å²) in [4.78, 5) is 36.6. The molecule has 1 aromatic carbocycles. The van der Waals surface area contributed by atoms with Crippen molar-refractivity contribution in [3.8, 4) is 5.75 Å². The van der Waals surface area contributed by atoms with Gasteiger partial charge in [-0.2, -0.15) is 0 Å². The lowest BCUT2D eigenvalue weighted by Gasteiger charge is -2.25. The predicted molar refractivity (Wildman–Crippen MR) is 175 cm³/mol. The molecule has 0 bridgehead atoms. The van der Waals surface area contributed by atoms with Crippen LogP contribution in [0.15, 0.2) is 97.2 Å². The Balaban J connectivity index is 2.09. The van der Waals surface area contributed by atoms with Gasteiger partial charge in [0.15, 0.2) is 11.4 Å². The van der Waals surface area contributed by atoms with E-state index in [1.54, 1.807) is 38.1 Å². The van der Waals surface area contributed by atoms with Crippen LogP contribution in [0, 0.1) is 0 Å². The van der Waals surface area contributed by atoms with Gasteiger partial charge in [-0.3, -0.25) is 14.4 Å². The van der Waals surface area contributed by atoms with E-state index >= 15 is 0 Å². The van der Waals surface area contributed by atoms with Crippen molar-refractivity contribution in [2.45, 2.75) is 77.7 Å². The fourth-order valence-corrected chi connectivity index (χ4v) is 3.56. The molecule has 0 atom stereocenters. The molecule has 2 N–H and O–H groups in total. The molecule has 42 heavy (non-hydrogen) atoms. The van der Waals surface area contributed by atoms with E-state index in [0.29, 0.717) is 23.6 Å². The molecular formula is C35H47ClN2O4. The van der Waals surface area contributed by atoms with Gasteiger partial charge in [-0.1, -0.05) is 91.4 Å². The second kappa shape index (κ2) is 23.0. The second-order valence-electron chi connectivity index (χ2n) is 10.0. The van der Waals surface area contributed by atoms with Crippen LogP contribution in [0.4, 0.5) is 0 Å². The van der Waals surface area contributed by atoms with Gasteiger partial charge in [0.25, 0.3) is 5.91 Å². The number of carbonyl (C=O) groups is 3. The highest BCUT2D eigenvalue weighted by Crippen LogP contribution is 2.21. The summed E-state index contributed by atoms with van der Waals surface area (Å²) in [6, 6.07) is 6.66. The molecule has 7 heteroatoms. The zero-order valence-corrected chi connectivity index (χ0v) is 26.1. The molecule has 0 unspecified atom stereocenters. The minimum Gasteiger partial charge on any atom is -0.478 e. The zero-order valence-electron chi connectivity index (χ0n) is 25.3. The Morgan fingerprint density at radius 2 is 1.17 bits per heavy atom. The Hall–Kier alpha value is -3.64. The molecule has 0 aliphatic heterocycles. The third kappa shape index (κ3) is 19.4. The standard InChI is InChI=1S/C35H47ClN2O4/c1-4-5-6-7-8-9-10-11-12-13-14-15-16-17-18-19-20-21-22-23-33(40)37-28-31(39)29-38-34(41)35(2,3)42-32-26-24-30(36)25-27-32/h5-6,8-9,11-12,14-15,17-18,20-21,24-27H,4,7,10,13,16,19,22-23,28-29H2,1-3H3,(H,37,40)(H,38,41)/b6-5-,9-8-,12-11-,15-14-,18-17-,21-20-. The summed E-state index contributed by atoms with van der Waals surface area (Å²) in [7, 11) is 0. The zero-order chi connectivity index (χ0) is 30.9. The molecule has 0 heterocycles. The lowest BCUT2D eigenvalue weighted by atomic mass is 10.1. The molecule has 0 fully saturated rings. The Kier molecular flexibility index (Phi) is 19.9. The van der Waals surface area contributed by atoms with Crippen LogP contribution < -0.4 is 15.4 Å². The predicted octanol–water partition coefficient (Wildman–Crippen LogP) is 7.78. The highest BCUT2D eigenvalue weighted by atomic mass is 35.5. The van der Waals surface area contributed by atoms with E-state index in [0.717, 1.165) is 38.5 Å². The van der Waals surface area contributed by atoms with Crippen LogP contribution in [-0.2, 0) is 14.4 Å². The third-order valence-corrected chi connectivity index (χ3v) is 6.05. The van der Waals surface area contributed by atoms with Crippen LogP contribution in [0.25, 0.3) is 0 Å². The number of ketones is 1. The smallest absolute Gasteiger partial charge is 0.263 e. The topological polar surface area (TPSA) is 84.5 Å². The molecule has 228 valence electrons. The third-order valence-electron chi connectivity index (χ3n) is 5.80. The van der Waals surface area contributed by atoms with Crippen molar-refractivity contribution in [1.82, 2.24) is 10.6 Å². The van der Waals surface area contributed by atoms with Gasteiger partial charge in [-0.05, 0) is 83.1 Å². The molecule has 0 saturated carbocycles. The number of Topliss-reactive ketones (excluding diaryl/α,β-unsaturated/α-hetero) is 1. The van der Waals surface area contributed by atoms with Crippen LogP contribution in [0.2, 0.25) is 5.02 Å². The number of benzene rings is 1. The number of halogens is 1. The van der Waals surface area contributed by atoms with Gasteiger partial charge in [0.1, 0.15) is 5.75 Å². The number of amides is 2. The molecule has 0 aliphatic rings. The van der Waals surface area contributed by atoms with Crippen LogP contribution in [0.5, 0.6) is 5.75 Å². The van der Waals surface area contributed by atoms with Crippen LogP contribution in [0.1, 0.15) is 72.1 Å². The molecule has 0 saturated heterocycles. The number of nitrogens with one attached hydrogen (secondary N) is 2. The maximum Gasteiger partial charge on any atom is 0.263 e. The number of allylic oxidation sites excluding steroid dienone is 12. The van der Waals surface area contributed by atoms with E-state index in [-0.39, 0.29) is 24.8 Å². The first-order valence-electron chi connectivity index (χ1n) is 14.7. The summed E-state index contributed by atoms with van der Waals surface area (Å²) in [6.07, 6.45) is 32.3. The van der Waals surface area contributed by atoms with Crippen molar-refractivity contribution < 1.29 is 19.1 Å². The van der Waals surface area contributed by atoms with E-state index in [2.05, 4.69) is 78.3 Å². The minimum atomic E-state index is -1.18. The number of ether oxygens (including phenoxy) is 1. The maximum absolute atomic E-state index is 12.5. The molecule has 0 spiro atoms. The summed E-state index contributed by atoms with van der Waals surface area (Å²) >= 11 is 5.87. The fraction of sp³-hybridized carbons (Fsp3) is 0.400. The Labute approximate surface area is 257 Å². The quantitative estimate of drug-likeness (QED) is 0.142. The highest BCUT2D eigenvalue weighted by Gasteiger charge is 2.30. The van der Waals surface area contributed by atoms with Crippen LogP contribution >= 0.6 is 11.6 Å². The van der Waals surface area contributed by atoms with Gasteiger partial charge in [-0.15, -0.1) is 0 Å². The van der Waals surface area contributed by atoms with E-state index in [1.807, 2.05) is 12.2 Å². The Morgan fingerprint density at radius 3 is 1.67 bits per heavy atom. The van der Waals surface area contributed by atoms with Gasteiger partial charge < -0.3 is 15.4 Å². The first-order valence-corrected chi connectivity index (χ1v) is 15.0. The van der Waals surface area contributed by atoms with Gasteiger partial charge in [0.2, 0.25) is 5.91 Å². The minimum absolute atomic E-state index is 0.138. The normalized spacial score (nSPS) is 12.5. The summed E-state index contributed by atoms with van der Waals surface area (Å²) in [5.41, 5.74) is -1.18. The summed E-state index contributed by atoms with van der Waals surface area (Å²) in [5.74, 6) is -0.451. The first kappa shape index (κ1) is 36.4. The molecule has 2 amide bonds. The van der Waals surface area contributed by atoms with Crippen molar-refractivity contribution >= 4 is 29.2 Å². The monoisotopic (exact) mass is 594 g/mol. The fourth-order valence-electron chi connectivity index (χ4n) is 3.44. The summed E-state index contributed by atoms with van der Waals surface area (Å²) in [6.45, 7) is 5.03. The van der Waals surface area contributed by atoms with Gasteiger partial charge in [0, 0.05) is 11.4 Å². The summed E-state index contributed by atoms with van der Waals surface area (Å²) < 4.78 is 5.71. The lowest BCUT2D eigenvalue weighted by molar-refractivity contribution is -0.135. The van der Waals surface area contributed by atoms with Crippen molar-refractivity contribution in [3.05, 3.63) is 102 Å². The highest BCUT2D eigenvalue weighted by molar-refractivity contribution is 6.30. The van der Waals surface area contributed by atoms with Crippen molar-refractivity contribution in [2.75, 3.05) is 13.1 Å². The first-order chi connectivity index (χ1) is 20.2. The van der Waals surface area contributed by atoms with Crippen LogP contribution in [-0.4, -0.2) is 36.3 Å². The maximum atomic E-state index is 12.5. The molecule has 1 aromatic rings. The van der Waals surface area contributed by atoms with E-state index in [4.69, 9.17) is 16.3 Å². The molecule has 0 radical (unpaired) electrons. The average Bonchev–Trinajstić information content (AvgIpc) is 2.97. The number of rotatable bonds is 21. The SMILES string of the molecule is CC/C=C\C/C=C\C/C=C\C/C=C\C/C=C\C/C=C\CCC(=O)NCC(=O)CNC(=O)C(C)(C)Oc1ccc(Cl)cc1. The molecular weight excluding hydrogens is 548 g/mol. The second-order valence-corrected chi connectivity index (χ2v) is 10.5. The Morgan fingerprint density at radius 1 is 0.714 bits per heavy atom. The molecule has 0 aromatic heterocycles. The van der Waals surface area contributed by atoms with Crippen molar-refractivity contribution in [1.29, 1.82) is 0 Å². The number of hydrogen-bond donors (Lipinski definition) is 2. The van der Waals surface area contributed by atoms with Crippen LogP contribution in [0.3, 0.4) is 0 Å². The van der Waals surface area contributed by atoms with Crippen molar-refractivity contribution in [3.63, 3.8) is 0 Å². The van der Waals surface area contributed by atoms with E-state index in [9.17, 15) is 14.4 Å². The lowest BCUT2D eigenvalue weighted by Crippen LogP contribution is -2.48. The average molecular weight is 595 g/mol. The number of carbonyl (C=O) groups excluding carboxylic acids is 3. The van der Waals surface area contributed by atoms with Gasteiger partial charge in [0.05, 0.1) is 13.1 Å². The molecule has 6 nitrogen and oxygen atoms in total. The molecule has 1 rings (SSSR count). The van der Waals surface area contributed by atoms with Gasteiger partial charge >= 0.3 is 0 Å². The van der Waals surface area contributed by atoms with Gasteiger partial charge in [-0.25, -0.2) is 0 Å². The van der Waals surface area contributed by atoms with E-state index in [1.165, 1.54) is 0 Å². The molecule has 0 aliphatic carbocycles. The van der Waals surface area contributed by atoms with E-state index < -0.39 is 11.5 Å². The van der Waals surface area contributed by atoms with Crippen molar-refractivity contribution in [2.24, 2.45) is 0 Å². The largest absolute Gasteiger partial charge is 0.478 e. The number of hydrogen-bond acceptors (Lipinski definition) is 4.